The Bertz CT molecular complexity index is 314. The average Bonchev–Trinajstić information content (AvgIpc) is 2.52. The van der Waals surface area contributed by atoms with E-state index in [0.29, 0.717) is 11.9 Å². The van der Waals surface area contributed by atoms with Gasteiger partial charge in [0.1, 0.15) is 0 Å². The molecule has 0 aliphatic heterocycles. The van der Waals surface area contributed by atoms with Crippen molar-refractivity contribution in [1.82, 2.24) is 9.78 Å². The smallest absolute Gasteiger partial charge is 0.248 e. The predicted octanol–water partition coefficient (Wildman–Crippen LogP) is 1.59. The molecule has 0 saturated carbocycles. The van der Waals surface area contributed by atoms with Gasteiger partial charge in [0.2, 0.25) is 5.91 Å². The zero-order valence-corrected chi connectivity index (χ0v) is 7.82. The highest BCUT2D eigenvalue weighted by Gasteiger charge is 2.02. The minimum absolute atomic E-state index is 0.242. The molecule has 0 aliphatic carbocycles. The van der Waals surface area contributed by atoms with Crippen molar-refractivity contribution in [2.45, 2.75) is 19.9 Å². The second-order valence-electron chi connectivity index (χ2n) is 2.97. The first kappa shape index (κ1) is 9.51. The van der Waals surface area contributed by atoms with Gasteiger partial charge in [-0.05, 0) is 19.9 Å². The predicted molar refractivity (Wildman–Crippen MR) is 51.4 cm³/mol. The van der Waals surface area contributed by atoms with E-state index < -0.39 is 0 Å². The fourth-order valence-corrected chi connectivity index (χ4v) is 0.870. The summed E-state index contributed by atoms with van der Waals surface area (Å²) in [6.07, 6.45) is 3.04. The lowest BCUT2D eigenvalue weighted by molar-refractivity contribution is -0.111. The molecule has 1 aromatic rings. The van der Waals surface area contributed by atoms with Crippen molar-refractivity contribution >= 4 is 11.7 Å². The molecule has 0 radical (unpaired) electrons. The van der Waals surface area contributed by atoms with Crippen LogP contribution in [0.4, 0.5) is 5.82 Å². The maximum atomic E-state index is 10.9. The molecule has 0 atom stereocenters. The summed E-state index contributed by atoms with van der Waals surface area (Å²) in [5.74, 6) is 0.313. The number of nitrogens with zero attached hydrogens (tertiary/aromatic N) is 2. The van der Waals surface area contributed by atoms with Crippen LogP contribution in [0.5, 0.6) is 0 Å². The number of anilines is 1. The number of carbonyl (C=O) groups excluding carboxylic acids is 1. The van der Waals surface area contributed by atoms with Crippen LogP contribution in [0.2, 0.25) is 0 Å². The Hall–Kier alpha value is -1.58. The highest BCUT2D eigenvalue weighted by atomic mass is 16.1. The van der Waals surface area contributed by atoms with Gasteiger partial charge in [0.25, 0.3) is 0 Å². The largest absolute Gasteiger partial charge is 0.306 e. The van der Waals surface area contributed by atoms with E-state index in [4.69, 9.17) is 0 Å². The number of rotatable bonds is 3. The van der Waals surface area contributed by atoms with Crippen molar-refractivity contribution in [3.05, 3.63) is 24.9 Å². The second-order valence-corrected chi connectivity index (χ2v) is 2.97. The molecule has 1 amide bonds. The van der Waals surface area contributed by atoms with Gasteiger partial charge in [-0.15, -0.1) is 0 Å². The van der Waals surface area contributed by atoms with Crippen LogP contribution in [-0.4, -0.2) is 15.7 Å². The summed E-state index contributed by atoms with van der Waals surface area (Å²) in [5, 5.41) is 6.71. The van der Waals surface area contributed by atoms with E-state index in [9.17, 15) is 4.79 Å². The van der Waals surface area contributed by atoms with E-state index in [1.54, 1.807) is 10.7 Å². The van der Waals surface area contributed by atoms with Crippen LogP contribution in [-0.2, 0) is 4.79 Å². The molecule has 0 unspecified atom stereocenters. The molecule has 13 heavy (non-hydrogen) atoms. The highest BCUT2D eigenvalue weighted by molar-refractivity contribution is 5.98. The van der Waals surface area contributed by atoms with Crippen LogP contribution in [0, 0.1) is 0 Å². The molecule has 1 N–H and O–H groups in total. The summed E-state index contributed by atoms with van der Waals surface area (Å²) in [5.41, 5.74) is 0. The topological polar surface area (TPSA) is 46.9 Å². The summed E-state index contributed by atoms with van der Waals surface area (Å²) in [4.78, 5) is 10.9. The number of hydrogen-bond donors (Lipinski definition) is 1. The number of aromatic nitrogens is 2. The van der Waals surface area contributed by atoms with E-state index >= 15 is 0 Å². The maximum Gasteiger partial charge on any atom is 0.248 e. The number of carbonyl (C=O) groups is 1. The van der Waals surface area contributed by atoms with Crippen LogP contribution in [0.15, 0.2) is 24.9 Å². The number of hydrogen-bond acceptors (Lipinski definition) is 2. The van der Waals surface area contributed by atoms with Crippen molar-refractivity contribution in [1.29, 1.82) is 0 Å². The zero-order chi connectivity index (χ0) is 9.84. The van der Waals surface area contributed by atoms with Crippen LogP contribution in [0.25, 0.3) is 0 Å². The van der Waals surface area contributed by atoms with E-state index in [1.165, 1.54) is 6.08 Å². The SMILES string of the molecule is C=CC(=O)Nc1ccn(C(C)C)n1. The molecule has 0 spiro atoms. The fraction of sp³-hybridized carbons (Fsp3) is 0.333. The van der Waals surface area contributed by atoms with Crippen molar-refractivity contribution in [2.75, 3.05) is 5.32 Å². The lowest BCUT2D eigenvalue weighted by atomic mass is 10.4. The van der Waals surface area contributed by atoms with Gasteiger partial charge in [-0.25, -0.2) is 0 Å². The maximum absolute atomic E-state index is 10.9. The molecule has 4 heteroatoms. The summed E-state index contributed by atoms with van der Waals surface area (Å²) >= 11 is 0. The third kappa shape index (κ3) is 2.43. The Kier molecular flexibility index (Phi) is 2.84. The summed E-state index contributed by atoms with van der Waals surface area (Å²) < 4.78 is 1.78. The van der Waals surface area contributed by atoms with E-state index in [1.807, 2.05) is 20.0 Å². The van der Waals surface area contributed by atoms with Crippen LogP contribution in [0.1, 0.15) is 19.9 Å². The molecular weight excluding hydrogens is 166 g/mol. The van der Waals surface area contributed by atoms with Crippen LogP contribution in [0.3, 0.4) is 0 Å². The standard InChI is InChI=1S/C9H13N3O/c1-4-9(13)10-8-5-6-12(11-8)7(2)3/h4-7H,1H2,2-3H3,(H,10,11,13). The third-order valence-corrected chi connectivity index (χ3v) is 1.57. The van der Waals surface area contributed by atoms with E-state index in [2.05, 4.69) is 17.0 Å². The van der Waals surface area contributed by atoms with Gasteiger partial charge < -0.3 is 5.32 Å². The molecule has 0 fully saturated rings. The van der Waals surface area contributed by atoms with E-state index in [0.717, 1.165) is 0 Å². The number of nitrogens with one attached hydrogen (secondary N) is 1. The molecule has 0 bridgehead atoms. The Balaban J connectivity index is 2.69. The molecule has 0 aromatic carbocycles. The average molecular weight is 179 g/mol. The molecule has 1 aromatic heterocycles. The fourth-order valence-electron chi connectivity index (χ4n) is 0.870. The van der Waals surface area contributed by atoms with Gasteiger partial charge in [0.05, 0.1) is 0 Å². The molecule has 0 saturated heterocycles. The quantitative estimate of drug-likeness (QED) is 0.716. The van der Waals surface area contributed by atoms with Crippen LogP contribution < -0.4 is 5.32 Å². The lowest BCUT2D eigenvalue weighted by Gasteiger charge is -2.03. The lowest BCUT2D eigenvalue weighted by Crippen LogP contribution is -2.09. The molecule has 1 rings (SSSR count). The first-order valence-electron chi connectivity index (χ1n) is 4.12. The van der Waals surface area contributed by atoms with Gasteiger partial charge in [0.15, 0.2) is 5.82 Å². The zero-order valence-electron chi connectivity index (χ0n) is 7.82. The molecule has 0 aliphatic rings. The second kappa shape index (κ2) is 3.89. The Morgan fingerprint density at radius 2 is 2.46 bits per heavy atom. The summed E-state index contributed by atoms with van der Waals surface area (Å²) in [7, 11) is 0. The van der Waals surface area contributed by atoms with Crippen LogP contribution >= 0.6 is 0 Å². The van der Waals surface area contributed by atoms with Gasteiger partial charge in [-0.3, -0.25) is 9.48 Å². The van der Waals surface area contributed by atoms with E-state index in [-0.39, 0.29) is 5.91 Å². The minimum Gasteiger partial charge on any atom is -0.306 e. The molecule has 1 heterocycles. The highest BCUT2D eigenvalue weighted by Crippen LogP contribution is 2.07. The van der Waals surface area contributed by atoms with Crippen molar-refractivity contribution < 1.29 is 4.79 Å². The monoisotopic (exact) mass is 179 g/mol. The summed E-state index contributed by atoms with van der Waals surface area (Å²) in [6.45, 7) is 7.39. The van der Waals surface area contributed by atoms with Crippen molar-refractivity contribution in [3.8, 4) is 0 Å². The molecular formula is C9H13N3O. The Morgan fingerprint density at radius 3 is 2.92 bits per heavy atom. The molecule has 4 nitrogen and oxygen atoms in total. The van der Waals surface area contributed by atoms with Gasteiger partial charge in [-0.1, -0.05) is 6.58 Å². The van der Waals surface area contributed by atoms with Gasteiger partial charge >= 0.3 is 0 Å². The Labute approximate surface area is 77.3 Å². The molecule has 70 valence electrons. The minimum atomic E-state index is -0.242. The normalized spacial score (nSPS) is 10.1. The van der Waals surface area contributed by atoms with Gasteiger partial charge in [-0.2, -0.15) is 5.10 Å². The first-order valence-corrected chi connectivity index (χ1v) is 4.12. The first-order chi connectivity index (χ1) is 6.13. The third-order valence-electron chi connectivity index (χ3n) is 1.57. The number of amides is 1. The van der Waals surface area contributed by atoms with Gasteiger partial charge in [0, 0.05) is 18.3 Å². The van der Waals surface area contributed by atoms with Crippen molar-refractivity contribution in [3.63, 3.8) is 0 Å². The summed E-state index contributed by atoms with van der Waals surface area (Å²) in [6, 6.07) is 2.05. The Morgan fingerprint density at radius 1 is 1.77 bits per heavy atom. The van der Waals surface area contributed by atoms with Crippen molar-refractivity contribution in [2.24, 2.45) is 0 Å².